The fourth-order valence-corrected chi connectivity index (χ4v) is 2.89. The fraction of sp³-hybridized carbons (Fsp3) is 0.474. The van der Waals surface area contributed by atoms with Crippen LogP contribution in [0.5, 0.6) is 0 Å². The fourth-order valence-electron chi connectivity index (χ4n) is 2.56. The van der Waals surface area contributed by atoms with Crippen LogP contribution < -0.4 is 5.32 Å². The number of rotatable bonds is 6. The minimum atomic E-state index is -4.37. The third kappa shape index (κ3) is 7.53. The van der Waals surface area contributed by atoms with Crippen molar-refractivity contribution in [1.29, 1.82) is 0 Å². The Labute approximate surface area is 170 Å². The van der Waals surface area contributed by atoms with E-state index in [-0.39, 0.29) is 6.04 Å². The van der Waals surface area contributed by atoms with Crippen LogP contribution >= 0.6 is 15.9 Å². The molecule has 1 amide bonds. The minimum absolute atomic E-state index is 0.324. The SMILES string of the molecule is CC(C)(C)OC(=O)N[C@H](CCn1cc(Br)cn1)Cc1ccc(C(F)(F)F)cc1. The minimum Gasteiger partial charge on any atom is -0.444 e. The van der Waals surface area contributed by atoms with Crippen LogP contribution in [0, 0.1) is 0 Å². The summed E-state index contributed by atoms with van der Waals surface area (Å²) in [5.41, 5.74) is -0.652. The molecule has 0 radical (unpaired) electrons. The highest BCUT2D eigenvalue weighted by Crippen LogP contribution is 2.29. The van der Waals surface area contributed by atoms with Crippen LogP contribution in [0.3, 0.4) is 0 Å². The Balaban J connectivity index is 2.06. The van der Waals surface area contributed by atoms with Gasteiger partial charge in [0, 0.05) is 18.8 Å². The van der Waals surface area contributed by atoms with Crippen molar-refractivity contribution in [2.75, 3.05) is 0 Å². The van der Waals surface area contributed by atoms with Gasteiger partial charge in [-0.05, 0) is 67.2 Å². The molecule has 9 heteroatoms. The maximum atomic E-state index is 12.7. The first-order valence-electron chi connectivity index (χ1n) is 8.76. The van der Waals surface area contributed by atoms with Crippen molar-refractivity contribution in [2.45, 2.75) is 58.0 Å². The molecule has 0 bridgehead atoms. The molecule has 0 spiro atoms. The molecule has 1 heterocycles. The van der Waals surface area contributed by atoms with Gasteiger partial charge < -0.3 is 10.1 Å². The summed E-state index contributed by atoms with van der Waals surface area (Å²) in [7, 11) is 0. The second kappa shape index (κ2) is 8.98. The number of alkyl carbamates (subject to hydrolysis) is 1. The van der Waals surface area contributed by atoms with E-state index in [1.54, 1.807) is 31.6 Å². The highest BCUT2D eigenvalue weighted by molar-refractivity contribution is 9.10. The molecule has 0 unspecified atom stereocenters. The highest BCUT2D eigenvalue weighted by atomic mass is 79.9. The average Bonchev–Trinajstić information content (AvgIpc) is 2.96. The largest absolute Gasteiger partial charge is 0.444 e. The number of carbonyl (C=O) groups excluding carboxylic acids is 1. The summed E-state index contributed by atoms with van der Waals surface area (Å²) in [6.07, 6.45) is -0.561. The number of amides is 1. The van der Waals surface area contributed by atoms with Crippen molar-refractivity contribution in [3.05, 3.63) is 52.3 Å². The molecule has 1 N–H and O–H groups in total. The number of hydrogen-bond acceptors (Lipinski definition) is 3. The lowest BCUT2D eigenvalue weighted by atomic mass is 10.0. The van der Waals surface area contributed by atoms with Gasteiger partial charge in [-0.1, -0.05) is 12.1 Å². The Hall–Kier alpha value is -2.03. The van der Waals surface area contributed by atoms with Crippen molar-refractivity contribution < 1.29 is 22.7 Å². The molecule has 1 aromatic carbocycles. The van der Waals surface area contributed by atoms with Gasteiger partial charge in [-0.2, -0.15) is 18.3 Å². The van der Waals surface area contributed by atoms with Gasteiger partial charge in [-0.15, -0.1) is 0 Å². The Bertz CT molecular complexity index is 783. The summed E-state index contributed by atoms with van der Waals surface area (Å²) < 4.78 is 46.1. The van der Waals surface area contributed by atoms with E-state index in [4.69, 9.17) is 4.74 Å². The summed E-state index contributed by atoms with van der Waals surface area (Å²) in [6, 6.07) is 4.62. The second-order valence-electron chi connectivity index (χ2n) is 7.45. The number of nitrogens with zero attached hydrogens (tertiary/aromatic N) is 2. The molecule has 0 saturated heterocycles. The summed E-state index contributed by atoms with van der Waals surface area (Å²) in [4.78, 5) is 12.1. The van der Waals surface area contributed by atoms with E-state index in [0.29, 0.717) is 24.9 Å². The molecule has 2 aromatic rings. The molecule has 1 atom stereocenters. The number of nitrogens with one attached hydrogen (secondary N) is 1. The van der Waals surface area contributed by atoms with Gasteiger partial charge >= 0.3 is 12.3 Å². The zero-order valence-electron chi connectivity index (χ0n) is 15.9. The van der Waals surface area contributed by atoms with Crippen LogP contribution in [0.4, 0.5) is 18.0 Å². The lowest BCUT2D eigenvalue weighted by molar-refractivity contribution is -0.137. The molecule has 2 rings (SSSR count). The third-order valence-corrected chi connectivity index (χ3v) is 4.20. The van der Waals surface area contributed by atoms with E-state index in [1.807, 2.05) is 6.20 Å². The smallest absolute Gasteiger partial charge is 0.416 e. The Kier molecular flexibility index (Phi) is 7.14. The zero-order chi connectivity index (χ0) is 20.9. The topological polar surface area (TPSA) is 56.1 Å². The van der Waals surface area contributed by atoms with Crippen LogP contribution in [-0.2, 0) is 23.9 Å². The number of hydrogen-bond donors (Lipinski definition) is 1. The van der Waals surface area contributed by atoms with E-state index in [0.717, 1.165) is 16.6 Å². The quantitative estimate of drug-likeness (QED) is 0.643. The summed E-state index contributed by atoms with van der Waals surface area (Å²) >= 11 is 3.32. The first-order chi connectivity index (χ1) is 12.9. The number of carbonyl (C=O) groups is 1. The number of alkyl halides is 3. The third-order valence-electron chi connectivity index (χ3n) is 3.79. The first kappa shape index (κ1) is 22.3. The summed E-state index contributed by atoms with van der Waals surface area (Å²) in [5.74, 6) is 0. The van der Waals surface area contributed by atoms with Gasteiger partial charge in [0.15, 0.2) is 0 Å². The number of aromatic nitrogens is 2. The van der Waals surface area contributed by atoms with Crippen molar-refractivity contribution in [3.63, 3.8) is 0 Å². The molecule has 0 saturated carbocycles. The van der Waals surface area contributed by atoms with Gasteiger partial charge in [0.25, 0.3) is 0 Å². The standard InChI is InChI=1S/C19H23BrF3N3O2/c1-18(2,3)28-17(27)25-16(8-9-26-12-15(20)11-24-26)10-13-4-6-14(7-5-13)19(21,22)23/h4-7,11-12,16H,8-10H2,1-3H3,(H,25,27)/t16-/m1/s1. The Morgan fingerprint density at radius 1 is 1.25 bits per heavy atom. The first-order valence-corrected chi connectivity index (χ1v) is 9.55. The van der Waals surface area contributed by atoms with Crippen molar-refractivity contribution in [2.24, 2.45) is 0 Å². The van der Waals surface area contributed by atoms with Crippen LogP contribution in [0.1, 0.15) is 38.3 Å². The second-order valence-corrected chi connectivity index (χ2v) is 8.37. The number of aryl methyl sites for hydroxylation is 1. The number of benzene rings is 1. The van der Waals surface area contributed by atoms with Gasteiger partial charge in [0.05, 0.1) is 16.2 Å². The molecule has 0 fully saturated rings. The average molecular weight is 462 g/mol. The molecule has 5 nitrogen and oxygen atoms in total. The normalized spacial score (nSPS) is 13.2. The Morgan fingerprint density at radius 3 is 2.39 bits per heavy atom. The summed E-state index contributed by atoms with van der Waals surface area (Å²) in [6.45, 7) is 5.82. The lowest BCUT2D eigenvalue weighted by Gasteiger charge is -2.24. The van der Waals surface area contributed by atoms with Gasteiger partial charge in [-0.3, -0.25) is 4.68 Å². The molecule has 0 aliphatic carbocycles. The molecular formula is C19H23BrF3N3O2. The van der Waals surface area contributed by atoms with Crippen LogP contribution in [0.15, 0.2) is 41.1 Å². The van der Waals surface area contributed by atoms with Crippen molar-refractivity contribution in [1.82, 2.24) is 15.1 Å². The molecule has 154 valence electrons. The van der Waals surface area contributed by atoms with E-state index in [1.165, 1.54) is 12.1 Å². The molecule has 0 aliphatic rings. The number of ether oxygens (including phenoxy) is 1. The van der Waals surface area contributed by atoms with E-state index in [9.17, 15) is 18.0 Å². The van der Waals surface area contributed by atoms with Crippen molar-refractivity contribution in [3.8, 4) is 0 Å². The molecule has 0 aliphatic heterocycles. The van der Waals surface area contributed by atoms with Crippen LogP contribution in [0.25, 0.3) is 0 Å². The predicted octanol–water partition coefficient (Wildman–Crippen LogP) is 5.19. The van der Waals surface area contributed by atoms with Gasteiger partial charge in [-0.25, -0.2) is 4.79 Å². The zero-order valence-corrected chi connectivity index (χ0v) is 17.5. The van der Waals surface area contributed by atoms with Gasteiger partial charge in [0.2, 0.25) is 0 Å². The van der Waals surface area contributed by atoms with Crippen molar-refractivity contribution >= 4 is 22.0 Å². The maximum Gasteiger partial charge on any atom is 0.416 e. The predicted molar refractivity (Wildman–Crippen MR) is 103 cm³/mol. The molecule has 1 aromatic heterocycles. The highest BCUT2D eigenvalue weighted by Gasteiger charge is 2.30. The number of halogens is 4. The van der Waals surface area contributed by atoms with E-state index >= 15 is 0 Å². The molecule has 28 heavy (non-hydrogen) atoms. The monoisotopic (exact) mass is 461 g/mol. The van der Waals surface area contributed by atoms with Gasteiger partial charge in [0.1, 0.15) is 5.60 Å². The van der Waals surface area contributed by atoms with E-state index in [2.05, 4.69) is 26.3 Å². The Morgan fingerprint density at radius 2 is 1.89 bits per heavy atom. The van der Waals surface area contributed by atoms with Crippen LogP contribution in [-0.4, -0.2) is 27.5 Å². The summed E-state index contributed by atoms with van der Waals surface area (Å²) in [5, 5.41) is 6.98. The molecular weight excluding hydrogens is 439 g/mol. The van der Waals surface area contributed by atoms with E-state index < -0.39 is 23.4 Å². The van der Waals surface area contributed by atoms with Crippen LogP contribution in [0.2, 0.25) is 0 Å². The maximum absolute atomic E-state index is 12.7. The lowest BCUT2D eigenvalue weighted by Crippen LogP contribution is -2.40.